The zero-order valence-electron chi connectivity index (χ0n) is 14.0. The van der Waals surface area contributed by atoms with Crippen molar-refractivity contribution in [3.8, 4) is 0 Å². The zero-order valence-corrected chi connectivity index (χ0v) is 15.6. The molecule has 0 bridgehead atoms. The van der Waals surface area contributed by atoms with E-state index in [0.29, 0.717) is 46.4 Å². The van der Waals surface area contributed by atoms with Crippen LogP contribution in [0.3, 0.4) is 0 Å². The Morgan fingerprint density at radius 1 is 1.04 bits per heavy atom. The van der Waals surface area contributed by atoms with E-state index in [1.807, 2.05) is 6.07 Å². The van der Waals surface area contributed by atoms with Gasteiger partial charge in [0.2, 0.25) is 5.91 Å². The van der Waals surface area contributed by atoms with Crippen LogP contribution in [-0.4, -0.2) is 23.5 Å². The molecule has 2 rings (SSSR count). The third kappa shape index (κ3) is 7.74. The number of hydrogen-bond acceptors (Lipinski definition) is 4. The standard InChI is InChI=1S/C14H11Cl2NO2.C4H10N2O/c15-10-5-3-6-11(16)14(10)17-12-7-2-1-4-9(12)8-13(18)19;5-3-1-2-4(6)7/h1-7,17H,8H2,(H,18,19);1-3,5H2,(H2,6,7). The van der Waals surface area contributed by atoms with Crippen molar-refractivity contribution < 1.29 is 14.7 Å². The van der Waals surface area contributed by atoms with E-state index in [0.717, 1.165) is 0 Å². The molecular formula is C18H21Cl2N3O3. The zero-order chi connectivity index (χ0) is 19.5. The second-order valence-electron chi connectivity index (χ2n) is 5.31. The fourth-order valence-electron chi connectivity index (χ4n) is 1.99. The summed E-state index contributed by atoms with van der Waals surface area (Å²) in [5.41, 5.74) is 11.8. The van der Waals surface area contributed by atoms with E-state index in [-0.39, 0.29) is 12.3 Å². The summed E-state index contributed by atoms with van der Waals surface area (Å²) >= 11 is 12.1. The lowest BCUT2D eigenvalue weighted by atomic mass is 10.1. The van der Waals surface area contributed by atoms with Gasteiger partial charge in [-0.2, -0.15) is 0 Å². The lowest BCUT2D eigenvalue weighted by molar-refractivity contribution is -0.136. The second kappa shape index (κ2) is 11.4. The molecule has 0 unspecified atom stereocenters. The van der Waals surface area contributed by atoms with E-state index >= 15 is 0 Å². The Labute approximate surface area is 162 Å². The molecule has 2 aromatic rings. The molecule has 0 spiro atoms. The third-order valence-corrected chi connectivity index (χ3v) is 3.84. The molecule has 0 heterocycles. The van der Waals surface area contributed by atoms with Crippen LogP contribution in [0.2, 0.25) is 10.0 Å². The Kier molecular flexibility index (Phi) is 9.51. The fourth-order valence-corrected chi connectivity index (χ4v) is 2.48. The molecule has 0 aliphatic heterocycles. The number of carboxylic acids is 1. The highest BCUT2D eigenvalue weighted by molar-refractivity contribution is 6.39. The number of benzene rings is 2. The monoisotopic (exact) mass is 397 g/mol. The normalized spacial score (nSPS) is 9.81. The third-order valence-electron chi connectivity index (χ3n) is 3.21. The molecular weight excluding hydrogens is 377 g/mol. The Hall–Kier alpha value is -2.28. The fraction of sp³-hybridized carbons (Fsp3) is 0.222. The Morgan fingerprint density at radius 2 is 1.65 bits per heavy atom. The van der Waals surface area contributed by atoms with Crippen LogP contribution in [0.5, 0.6) is 0 Å². The summed E-state index contributed by atoms with van der Waals surface area (Å²) < 4.78 is 0. The number of amides is 1. The number of nitrogens with one attached hydrogen (secondary N) is 1. The number of aliphatic carboxylic acids is 1. The number of halogens is 2. The van der Waals surface area contributed by atoms with Crippen LogP contribution >= 0.6 is 23.2 Å². The van der Waals surface area contributed by atoms with Crippen molar-refractivity contribution in [2.24, 2.45) is 11.5 Å². The molecule has 2 aromatic carbocycles. The van der Waals surface area contributed by atoms with Crippen LogP contribution in [0.1, 0.15) is 18.4 Å². The molecule has 140 valence electrons. The van der Waals surface area contributed by atoms with Gasteiger partial charge in [0.15, 0.2) is 0 Å². The van der Waals surface area contributed by atoms with Crippen LogP contribution in [0.4, 0.5) is 11.4 Å². The van der Waals surface area contributed by atoms with Crippen molar-refractivity contribution in [1.82, 2.24) is 0 Å². The van der Waals surface area contributed by atoms with E-state index < -0.39 is 5.97 Å². The van der Waals surface area contributed by atoms with E-state index in [4.69, 9.17) is 39.8 Å². The van der Waals surface area contributed by atoms with E-state index in [1.165, 1.54) is 0 Å². The summed E-state index contributed by atoms with van der Waals surface area (Å²) in [4.78, 5) is 20.8. The van der Waals surface area contributed by atoms with Crippen molar-refractivity contribution in [3.05, 3.63) is 58.1 Å². The SMILES string of the molecule is NCCCC(N)=O.O=C(O)Cc1ccccc1Nc1c(Cl)cccc1Cl. The minimum Gasteiger partial charge on any atom is -0.481 e. The van der Waals surface area contributed by atoms with Gasteiger partial charge in [-0.3, -0.25) is 9.59 Å². The highest BCUT2D eigenvalue weighted by Gasteiger charge is 2.10. The number of rotatable bonds is 7. The van der Waals surface area contributed by atoms with E-state index in [9.17, 15) is 9.59 Å². The summed E-state index contributed by atoms with van der Waals surface area (Å²) in [7, 11) is 0. The molecule has 0 radical (unpaired) electrons. The Balaban J connectivity index is 0.000000412. The molecule has 1 amide bonds. The summed E-state index contributed by atoms with van der Waals surface area (Å²) in [5, 5.41) is 12.9. The van der Waals surface area contributed by atoms with Crippen LogP contribution in [-0.2, 0) is 16.0 Å². The molecule has 0 aliphatic rings. The predicted octanol–water partition coefficient (Wildman–Crippen LogP) is 3.57. The first-order valence-electron chi connectivity index (χ1n) is 7.84. The molecule has 8 heteroatoms. The minimum absolute atomic E-state index is 0.0642. The van der Waals surface area contributed by atoms with Crippen LogP contribution in [0, 0.1) is 0 Å². The molecule has 0 aliphatic carbocycles. The highest BCUT2D eigenvalue weighted by Crippen LogP contribution is 2.33. The Morgan fingerprint density at radius 3 is 2.15 bits per heavy atom. The smallest absolute Gasteiger partial charge is 0.307 e. The topological polar surface area (TPSA) is 118 Å². The summed E-state index contributed by atoms with van der Waals surface area (Å²) in [6.45, 7) is 0.545. The quantitative estimate of drug-likeness (QED) is 0.569. The largest absolute Gasteiger partial charge is 0.481 e. The van der Waals surface area contributed by atoms with Gasteiger partial charge in [-0.25, -0.2) is 0 Å². The van der Waals surface area contributed by atoms with Gasteiger partial charge in [0, 0.05) is 12.1 Å². The number of primary amides is 1. The maximum absolute atomic E-state index is 10.8. The average molecular weight is 398 g/mol. The van der Waals surface area contributed by atoms with Crippen molar-refractivity contribution in [3.63, 3.8) is 0 Å². The predicted molar refractivity (Wildman–Crippen MR) is 105 cm³/mol. The summed E-state index contributed by atoms with van der Waals surface area (Å²) in [6.07, 6.45) is 1.05. The number of carbonyl (C=O) groups excluding carboxylic acids is 1. The molecule has 0 saturated carbocycles. The lowest BCUT2D eigenvalue weighted by Crippen LogP contribution is -2.12. The first-order chi connectivity index (χ1) is 12.3. The summed E-state index contributed by atoms with van der Waals surface area (Å²) in [5.74, 6) is -1.16. The van der Waals surface area contributed by atoms with Crippen LogP contribution in [0.15, 0.2) is 42.5 Å². The van der Waals surface area contributed by atoms with Gasteiger partial charge in [0.25, 0.3) is 0 Å². The van der Waals surface area contributed by atoms with Gasteiger partial charge >= 0.3 is 5.97 Å². The van der Waals surface area contributed by atoms with E-state index in [1.54, 1.807) is 36.4 Å². The molecule has 0 saturated heterocycles. The number of anilines is 2. The number of para-hydroxylation sites is 2. The molecule has 0 fully saturated rings. The molecule has 26 heavy (non-hydrogen) atoms. The first kappa shape index (κ1) is 21.8. The number of hydrogen-bond donors (Lipinski definition) is 4. The number of nitrogens with two attached hydrogens (primary N) is 2. The minimum atomic E-state index is -0.889. The van der Waals surface area contributed by atoms with Crippen molar-refractivity contribution in [2.45, 2.75) is 19.3 Å². The van der Waals surface area contributed by atoms with Gasteiger partial charge in [0.1, 0.15) is 0 Å². The van der Waals surface area contributed by atoms with Crippen molar-refractivity contribution >= 4 is 46.5 Å². The second-order valence-corrected chi connectivity index (χ2v) is 6.12. The van der Waals surface area contributed by atoms with Crippen molar-refractivity contribution in [2.75, 3.05) is 11.9 Å². The van der Waals surface area contributed by atoms with Gasteiger partial charge in [0.05, 0.1) is 22.2 Å². The highest BCUT2D eigenvalue weighted by atomic mass is 35.5. The molecule has 6 nitrogen and oxygen atoms in total. The molecule has 6 N–H and O–H groups in total. The van der Waals surface area contributed by atoms with Crippen molar-refractivity contribution in [1.29, 1.82) is 0 Å². The Bertz CT molecular complexity index is 734. The first-order valence-corrected chi connectivity index (χ1v) is 8.59. The molecule has 0 atom stereocenters. The van der Waals surface area contributed by atoms with Crippen LogP contribution < -0.4 is 16.8 Å². The van der Waals surface area contributed by atoms with E-state index in [2.05, 4.69) is 5.32 Å². The van der Waals surface area contributed by atoms with Gasteiger partial charge in [-0.1, -0.05) is 47.5 Å². The number of carbonyl (C=O) groups is 2. The van der Waals surface area contributed by atoms with Gasteiger partial charge in [-0.05, 0) is 36.7 Å². The van der Waals surface area contributed by atoms with Gasteiger partial charge in [-0.15, -0.1) is 0 Å². The maximum atomic E-state index is 10.8. The molecule has 0 aromatic heterocycles. The maximum Gasteiger partial charge on any atom is 0.307 e. The van der Waals surface area contributed by atoms with Gasteiger partial charge < -0.3 is 21.9 Å². The van der Waals surface area contributed by atoms with Crippen LogP contribution in [0.25, 0.3) is 0 Å². The lowest BCUT2D eigenvalue weighted by Gasteiger charge is -2.13. The number of carboxylic acid groups (broad SMARTS) is 1. The summed E-state index contributed by atoms with van der Waals surface area (Å²) in [6, 6.07) is 12.3. The average Bonchev–Trinajstić information content (AvgIpc) is 2.58.